The molecule has 0 saturated heterocycles. The van der Waals surface area contributed by atoms with Crippen LogP contribution in [-0.2, 0) is 10.0 Å². The molecule has 0 aliphatic heterocycles. The Bertz CT molecular complexity index is 600. The van der Waals surface area contributed by atoms with Crippen molar-refractivity contribution in [3.63, 3.8) is 0 Å². The fraction of sp³-hybridized carbons (Fsp3) is 0.0833. The summed E-state index contributed by atoms with van der Waals surface area (Å²) >= 11 is 0. The first kappa shape index (κ1) is 12.5. The van der Waals surface area contributed by atoms with Gasteiger partial charge in [-0.25, -0.2) is 13.4 Å². The lowest BCUT2D eigenvalue weighted by atomic mass is 10.4. The van der Waals surface area contributed by atoms with Crippen LogP contribution in [0.3, 0.4) is 0 Å². The Morgan fingerprint density at radius 3 is 2.33 bits per heavy atom. The van der Waals surface area contributed by atoms with Gasteiger partial charge >= 0.3 is 0 Å². The lowest BCUT2D eigenvalue weighted by Gasteiger charge is -2.18. The van der Waals surface area contributed by atoms with Crippen LogP contribution in [0.1, 0.15) is 0 Å². The van der Waals surface area contributed by atoms with E-state index in [1.807, 2.05) is 0 Å². The Kier molecular flexibility index (Phi) is 3.59. The average Bonchev–Trinajstić information content (AvgIpc) is 2.40. The van der Waals surface area contributed by atoms with Gasteiger partial charge in [0, 0.05) is 13.2 Å². The SMILES string of the molecule is CN(NS(=O)(=O)c1ccccc1)c1ccccn1. The molecule has 0 aliphatic carbocycles. The third-order valence-corrected chi connectivity index (χ3v) is 3.71. The second-order valence-corrected chi connectivity index (χ2v) is 5.32. The Balaban J connectivity index is 2.20. The van der Waals surface area contributed by atoms with E-state index in [2.05, 4.69) is 9.82 Å². The molecule has 1 N–H and O–H groups in total. The second kappa shape index (κ2) is 5.16. The highest BCUT2D eigenvalue weighted by molar-refractivity contribution is 7.89. The molecular formula is C12H13N3O2S. The number of hydrazine groups is 1. The molecule has 1 aromatic heterocycles. The lowest BCUT2D eigenvalue weighted by Crippen LogP contribution is -2.39. The summed E-state index contributed by atoms with van der Waals surface area (Å²) in [5.74, 6) is 0.525. The van der Waals surface area contributed by atoms with E-state index in [9.17, 15) is 8.42 Å². The van der Waals surface area contributed by atoms with Gasteiger partial charge < -0.3 is 0 Å². The minimum atomic E-state index is -3.57. The Morgan fingerprint density at radius 2 is 1.72 bits per heavy atom. The molecule has 18 heavy (non-hydrogen) atoms. The summed E-state index contributed by atoms with van der Waals surface area (Å²) in [7, 11) is -1.97. The number of anilines is 1. The maximum Gasteiger partial charge on any atom is 0.257 e. The molecule has 0 unspecified atom stereocenters. The van der Waals surface area contributed by atoms with Crippen molar-refractivity contribution in [2.45, 2.75) is 4.90 Å². The maximum atomic E-state index is 12.0. The largest absolute Gasteiger partial charge is 0.281 e. The molecule has 0 aliphatic rings. The van der Waals surface area contributed by atoms with Gasteiger partial charge in [0.1, 0.15) is 5.82 Å². The van der Waals surface area contributed by atoms with Crippen LogP contribution in [0.4, 0.5) is 5.82 Å². The van der Waals surface area contributed by atoms with Crippen molar-refractivity contribution in [2.75, 3.05) is 12.1 Å². The van der Waals surface area contributed by atoms with E-state index in [4.69, 9.17) is 0 Å². The monoisotopic (exact) mass is 263 g/mol. The van der Waals surface area contributed by atoms with Crippen molar-refractivity contribution < 1.29 is 8.42 Å². The molecule has 0 spiro atoms. The number of hydrogen-bond donors (Lipinski definition) is 1. The van der Waals surface area contributed by atoms with E-state index < -0.39 is 10.0 Å². The highest BCUT2D eigenvalue weighted by Gasteiger charge is 2.16. The van der Waals surface area contributed by atoms with Gasteiger partial charge in [-0.15, -0.1) is 4.83 Å². The van der Waals surface area contributed by atoms with Crippen molar-refractivity contribution >= 4 is 15.8 Å². The normalized spacial score (nSPS) is 11.2. The predicted octanol–water partition coefficient (Wildman–Crippen LogP) is 1.41. The number of nitrogens with one attached hydrogen (secondary N) is 1. The quantitative estimate of drug-likeness (QED) is 0.847. The number of nitrogens with zero attached hydrogens (tertiary/aromatic N) is 2. The van der Waals surface area contributed by atoms with Crippen LogP contribution in [0, 0.1) is 0 Å². The van der Waals surface area contributed by atoms with E-state index in [1.54, 1.807) is 49.6 Å². The summed E-state index contributed by atoms with van der Waals surface area (Å²) in [5, 5.41) is 1.36. The smallest absolute Gasteiger partial charge is 0.257 e. The number of hydrogen-bond acceptors (Lipinski definition) is 4. The zero-order valence-electron chi connectivity index (χ0n) is 9.82. The van der Waals surface area contributed by atoms with E-state index in [-0.39, 0.29) is 4.90 Å². The van der Waals surface area contributed by atoms with E-state index in [1.165, 1.54) is 17.1 Å². The number of sulfonamides is 1. The van der Waals surface area contributed by atoms with Crippen molar-refractivity contribution in [2.24, 2.45) is 0 Å². The number of pyridine rings is 1. The maximum absolute atomic E-state index is 12.0. The van der Waals surface area contributed by atoms with Gasteiger partial charge in [-0.2, -0.15) is 0 Å². The van der Waals surface area contributed by atoms with E-state index >= 15 is 0 Å². The van der Waals surface area contributed by atoms with Gasteiger partial charge in [-0.3, -0.25) is 5.01 Å². The molecule has 1 aromatic carbocycles. The number of benzene rings is 1. The molecular weight excluding hydrogens is 250 g/mol. The molecule has 94 valence electrons. The van der Waals surface area contributed by atoms with Gasteiger partial charge in [0.25, 0.3) is 10.0 Å². The third-order valence-electron chi connectivity index (χ3n) is 2.30. The van der Waals surface area contributed by atoms with Crippen LogP contribution in [0.25, 0.3) is 0 Å². The topological polar surface area (TPSA) is 62.3 Å². The minimum absolute atomic E-state index is 0.216. The predicted molar refractivity (Wildman–Crippen MR) is 69.4 cm³/mol. The van der Waals surface area contributed by atoms with Crippen LogP contribution in [0.15, 0.2) is 59.6 Å². The van der Waals surface area contributed by atoms with Crippen LogP contribution in [0.5, 0.6) is 0 Å². The van der Waals surface area contributed by atoms with Crippen LogP contribution < -0.4 is 9.84 Å². The summed E-state index contributed by atoms with van der Waals surface area (Å²) in [6.45, 7) is 0. The van der Waals surface area contributed by atoms with Crippen molar-refractivity contribution in [3.8, 4) is 0 Å². The third kappa shape index (κ3) is 2.85. The second-order valence-electron chi connectivity index (χ2n) is 3.65. The molecule has 0 saturated carbocycles. The van der Waals surface area contributed by atoms with E-state index in [0.29, 0.717) is 5.82 Å². The fourth-order valence-electron chi connectivity index (χ4n) is 1.43. The van der Waals surface area contributed by atoms with Gasteiger partial charge in [0.2, 0.25) is 0 Å². The molecule has 0 fully saturated rings. The zero-order chi connectivity index (χ0) is 13.0. The van der Waals surface area contributed by atoms with Crippen LogP contribution in [0.2, 0.25) is 0 Å². The van der Waals surface area contributed by atoms with Gasteiger partial charge in [0.15, 0.2) is 0 Å². The summed E-state index contributed by atoms with van der Waals surface area (Å²) in [4.78, 5) is 6.70. The Hall–Kier alpha value is -1.92. The molecule has 0 radical (unpaired) electrons. The first-order valence-electron chi connectivity index (χ1n) is 5.32. The van der Waals surface area contributed by atoms with Crippen LogP contribution in [-0.4, -0.2) is 20.4 Å². The Morgan fingerprint density at radius 1 is 1.06 bits per heavy atom. The molecule has 0 amide bonds. The summed E-state index contributed by atoms with van der Waals surface area (Å²) in [5.41, 5.74) is 0. The van der Waals surface area contributed by atoms with Gasteiger partial charge in [-0.1, -0.05) is 24.3 Å². The van der Waals surface area contributed by atoms with E-state index in [0.717, 1.165) is 0 Å². The summed E-state index contributed by atoms with van der Waals surface area (Å²) < 4.78 is 24.1. The van der Waals surface area contributed by atoms with Crippen molar-refractivity contribution in [1.29, 1.82) is 0 Å². The first-order valence-corrected chi connectivity index (χ1v) is 6.80. The number of aromatic nitrogens is 1. The molecule has 1 heterocycles. The molecule has 0 bridgehead atoms. The molecule has 6 heteroatoms. The highest BCUT2D eigenvalue weighted by Crippen LogP contribution is 2.10. The van der Waals surface area contributed by atoms with Crippen molar-refractivity contribution in [1.82, 2.24) is 9.82 Å². The first-order chi connectivity index (χ1) is 8.59. The molecule has 2 rings (SSSR count). The highest BCUT2D eigenvalue weighted by atomic mass is 32.2. The van der Waals surface area contributed by atoms with Gasteiger partial charge in [-0.05, 0) is 24.3 Å². The minimum Gasteiger partial charge on any atom is -0.281 e. The lowest BCUT2D eigenvalue weighted by molar-refractivity contribution is 0.580. The average molecular weight is 263 g/mol. The standard InChI is InChI=1S/C12H13N3O2S/c1-15(12-9-5-6-10-13-12)14-18(16,17)11-7-3-2-4-8-11/h2-10,14H,1H3. The van der Waals surface area contributed by atoms with Crippen molar-refractivity contribution in [3.05, 3.63) is 54.7 Å². The van der Waals surface area contributed by atoms with Gasteiger partial charge in [0.05, 0.1) is 4.90 Å². The zero-order valence-corrected chi connectivity index (χ0v) is 10.6. The number of rotatable bonds is 4. The summed E-state index contributed by atoms with van der Waals surface area (Å²) in [6.07, 6.45) is 1.60. The molecule has 2 aromatic rings. The molecule has 5 nitrogen and oxygen atoms in total. The summed E-state index contributed by atoms with van der Waals surface area (Å²) in [6, 6.07) is 13.5. The fourth-order valence-corrected chi connectivity index (χ4v) is 2.51. The Labute approximate surface area is 106 Å². The molecule has 0 atom stereocenters. The van der Waals surface area contributed by atoms with Crippen LogP contribution >= 0.6 is 0 Å².